The SMILES string of the molecule is Cc1nc(N2CCN(C(=O)Cc3ccc(F)cc3)CC2)cc(-n2cccn2)n1. The van der Waals surface area contributed by atoms with E-state index >= 15 is 0 Å². The molecular formula is C20H21FN6O. The molecule has 0 spiro atoms. The van der Waals surface area contributed by atoms with Gasteiger partial charge in [0.05, 0.1) is 6.42 Å². The van der Waals surface area contributed by atoms with Crippen LogP contribution >= 0.6 is 0 Å². The first-order chi connectivity index (χ1) is 13.6. The van der Waals surface area contributed by atoms with Gasteiger partial charge in [-0.25, -0.2) is 19.0 Å². The normalized spacial score (nSPS) is 14.4. The van der Waals surface area contributed by atoms with E-state index in [4.69, 9.17) is 0 Å². The second-order valence-corrected chi connectivity index (χ2v) is 6.75. The van der Waals surface area contributed by atoms with Gasteiger partial charge in [0.2, 0.25) is 5.91 Å². The molecule has 1 saturated heterocycles. The monoisotopic (exact) mass is 380 g/mol. The Hall–Kier alpha value is -3.29. The topological polar surface area (TPSA) is 67.2 Å². The Bertz CT molecular complexity index is 949. The molecule has 8 heteroatoms. The maximum Gasteiger partial charge on any atom is 0.227 e. The lowest BCUT2D eigenvalue weighted by Gasteiger charge is -2.35. The second kappa shape index (κ2) is 7.75. The summed E-state index contributed by atoms with van der Waals surface area (Å²) in [6, 6.07) is 9.84. The van der Waals surface area contributed by atoms with Gasteiger partial charge in [-0.2, -0.15) is 5.10 Å². The highest BCUT2D eigenvalue weighted by Crippen LogP contribution is 2.17. The highest BCUT2D eigenvalue weighted by molar-refractivity contribution is 5.79. The van der Waals surface area contributed by atoms with Crippen molar-refractivity contribution >= 4 is 11.7 Å². The van der Waals surface area contributed by atoms with Crippen molar-refractivity contribution in [3.63, 3.8) is 0 Å². The first-order valence-electron chi connectivity index (χ1n) is 9.21. The van der Waals surface area contributed by atoms with E-state index < -0.39 is 0 Å². The number of carbonyl (C=O) groups excluding carboxylic acids is 1. The molecule has 3 heterocycles. The summed E-state index contributed by atoms with van der Waals surface area (Å²) < 4.78 is 14.7. The predicted molar refractivity (Wildman–Crippen MR) is 103 cm³/mol. The number of nitrogens with zero attached hydrogens (tertiary/aromatic N) is 6. The Morgan fingerprint density at radius 2 is 1.79 bits per heavy atom. The summed E-state index contributed by atoms with van der Waals surface area (Å²) in [5, 5.41) is 4.23. The zero-order valence-electron chi connectivity index (χ0n) is 15.6. The van der Waals surface area contributed by atoms with Gasteiger partial charge in [0, 0.05) is 44.6 Å². The minimum atomic E-state index is -0.292. The molecule has 144 valence electrons. The van der Waals surface area contributed by atoms with Crippen molar-refractivity contribution in [1.29, 1.82) is 0 Å². The number of amides is 1. The molecule has 0 N–H and O–H groups in total. The standard InChI is InChI=1S/C20H21FN6O/c1-15-23-18(14-19(24-15)27-8-2-7-22-27)25-9-11-26(12-10-25)20(28)13-16-3-5-17(21)6-4-16/h2-8,14H,9-13H2,1H3. The molecule has 3 aromatic rings. The van der Waals surface area contributed by atoms with Crippen LogP contribution in [-0.4, -0.2) is 56.7 Å². The first-order valence-corrected chi connectivity index (χ1v) is 9.21. The van der Waals surface area contributed by atoms with Gasteiger partial charge < -0.3 is 9.80 Å². The molecule has 0 bridgehead atoms. The van der Waals surface area contributed by atoms with Crippen molar-refractivity contribution in [1.82, 2.24) is 24.6 Å². The molecule has 0 radical (unpaired) electrons. The van der Waals surface area contributed by atoms with Gasteiger partial charge in [-0.3, -0.25) is 4.79 Å². The number of piperazine rings is 1. The molecule has 1 fully saturated rings. The van der Waals surface area contributed by atoms with Crippen molar-refractivity contribution in [2.75, 3.05) is 31.1 Å². The Kier molecular flexibility index (Phi) is 5.01. The van der Waals surface area contributed by atoms with Crippen LogP contribution in [0.3, 0.4) is 0 Å². The summed E-state index contributed by atoms with van der Waals surface area (Å²) >= 11 is 0. The number of hydrogen-bond donors (Lipinski definition) is 0. The fourth-order valence-corrected chi connectivity index (χ4v) is 3.29. The highest BCUT2D eigenvalue weighted by Gasteiger charge is 2.22. The van der Waals surface area contributed by atoms with Gasteiger partial charge in [-0.1, -0.05) is 12.1 Å². The average molecular weight is 380 g/mol. The van der Waals surface area contributed by atoms with Crippen LogP contribution in [0, 0.1) is 12.7 Å². The van der Waals surface area contributed by atoms with Gasteiger partial charge in [0.25, 0.3) is 0 Å². The van der Waals surface area contributed by atoms with Crippen LogP contribution in [0.5, 0.6) is 0 Å². The molecule has 4 rings (SSSR count). The molecule has 1 aromatic carbocycles. The van der Waals surface area contributed by atoms with Crippen LogP contribution in [0.2, 0.25) is 0 Å². The zero-order chi connectivity index (χ0) is 19.5. The first kappa shape index (κ1) is 18.1. The highest BCUT2D eigenvalue weighted by atomic mass is 19.1. The van der Waals surface area contributed by atoms with E-state index in [9.17, 15) is 9.18 Å². The van der Waals surface area contributed by atoms with E-state index in [1.54, 1.807) is 23.0 Å². The third kappa shape index (κ3) is 4.00. The number of benzene rings is 1. The number of rotatable bonds is 4. The van der Waals surface area contributed by atoms with E-state index in [0.717, 1.165) is 17.2 Å². The molecule has 2 aromatic heterocycles. The molecule has 28 heavy (non-hydrogen) atoms. The Morgan fingerprint density at radius 3 is 2.46 bits per heavy atom. The Labute approximate surface area is 162 Å². The minimum absolute atomic E-state index is 0.0577. The largest absolute Gasteiger partial charge is 0.353 e. The lowest BCUT2D eigenvalue weighted by molar-refractivity contribution is -0.130. The number of carbonyl (C=O) groups is 1. The van der Waals surface area contributed by atoms with Crippen molar-refractivity contribution in [3.05, 3.63) is 66.0 Å². The summed E-state index contributed by atoms with van der Waals surface area (Å²) in [7, 11) is 0. The number of aryl methyl sites for hydroxylation is 1. The van der Waals surface area contributed by atoms with Gasteiger partial charge in [-0.15, -0.1) is 0 Å². The van der Waals surface area contributed by atoms with Crippen LogP contribution in [0.1, 0.15) is 11.4 Å². The van der Waals surface area contributed by atoms with E-state index in [0.29, 0.717) is 32.0 Å². The lowest BCUT2D eigenvalue weighted by atomic mass is 10.1. The zero-order valence-corrected chi connectivity index (χ0v) is 15.6. The Balaban J connectivity index is 1.40. The number of aromatic nitrogens is 4. The van der Waals surface area contributed by atoms with Crippen molar-refractivity contribution in [2.24, 2.45) is 0 Å². The van der Waals surface area contributed by atoms with Gasteiger partial charge in [0.15, 0.2) is 5.82 Å². The van der Waals surface area contributed by atoms with Crippen LogP contribution < -0.4 is 4.90 Å². The summed E-state index contributed by atoms with van der Waals surface area (Å²) in [6.45, 7) is 4.51. The molecule has 0 saturated carbocycles. The smallest absolute Gasteiger partial charge is 0.227 e. The van der Waals surface area contributed by atoms with E-state index in [2.05, 4.69) is 20.0 Å². The third-order valence-electron chi connectivity index (χ3n) is 4.78. The second-order valence-electron chi connectivity index (χ2n) is 6.75. The molecule has 0 unspecified atom stereocenters. The third-order valence-corrected chi connectivity index (χ3v) is 4.78. The van der Waals surface area contributed by atoms with Crippen LogP contribution in [-0.2, 0) is 11.2 Å². The number of hydrogen-bond acceptors (Lipinski definition) is 5. The van der Waals surface area contributed by atoms with Crippen molar-refractivity contribution < 1.29 is 9.18 Å². The fraction of sp³-hybridized carbons (Fsp3) is 0.300. The molecule has 7 nitrogen and oxygen atoms in total. The molecule has 0 aliphatic carbocycles. The number of halogens is 1. The molecule has 1 amide bonds. The summed E-state index contributed by atoms with van der Waals surface area (Å²) in [4.78, 5) is 25.5. The van der Waals surface area contributed by atoms with E-state index in [1.165, 1.54) is 12.1 Å². The molecule has 1 aliphatic heterocycles. The number of anilines is 1. The fourth-order valence-electron chi connectivity index (χ4n) is 3.29. The quantitative estimate of drug-likeness (QED) is 0.693. The molecule has 0 atom stereocenters. The van der Waals surface area contributed by atoms with Gasteiger partial charge >= 0.3 is 0 Å². The van der Waals surface area contributed by atoms with Crippen LogP contribution in [0.4, 0.5) is 10.2 Å². The van der Waals surface area contributed by atoms with Crippen LogP contribution in [0.25, 0.3) is 5.82 Å². The lowest BCUT2D eigenvalue weighted by Crippen LogP contribution is -2.49. The Morgan fingerprint density at radius 1 is 1.07 bits per heavy atom. The average Bonchev–Trinajstić information content (AvgIpc) is 3.24. The van der Waals surface area contributed by atoms with E-state index in [1.807, 2.05) is 30.2 Å². The van der Waals surface area contributed by atoms with Gasteiger partial charge in [-0.05, 0) is 30.7 Å². The molecular weight excluding hydrogens is 359 g/mol. The van der Waals surface area contributed by atoms with Crippen LogP contribution in [0.15, 0.2) is 48.8 Å². The maximum absolute atomic E-state index is 13.0. The van der Waals surface area contributed by atoms with E-state index in [-0.39, 0.29) is 18.1 Å². The van der Waals surface area contributed by atoms with Gasteiger partial charge in [0.1, 0.15) is 17.5 Å². The maximum atomic E-state index is 13.0. The minimum Gasteiger partial charge on any atom is -0.353 e. The summed E-state index contributed by atoms with van der Waals surface area (Å²) in [6.07, 6.45) is 3.84. The summed E-state index contributed by atoms with van der Waals surface area (Å²) in [5.41, 5.74) is 0.823. The summed E-state index contributed by atoms with van der Waals surface area (Å²) in [5.74, 6) is 2.01. The predicted octanol–water partition coefficient (Wildman–Crippen LogP) is 2.00. The molecule has 1 aliphatic rings. The van der Waals surface area contributed by atoms with Crippen molar-refractivity contribution in [3.8, 4) is 5.82 Å². The van der Waals surface area contributed by atoms with Crippen molar-refractivity contribution in [2.45, 2.75) is 13.3 Å².